The van der Waals surface area contributed by atoms with Crippen molar-refractivity contribution in [1.29, 1.82) is 0 Å². The Labute approximate surface area is 137 Å². The molecule has 0 saturated carbocycles. The van der Waals surface area contributed by atoms with Crippen molar-refractivity contribution < 1.29 is 22.8 Å². The number of unbranched alkanes of at least 4 members (excludes halogenated alkanes) is 1. The molecule has 132 valence electrons. The van der Waals surface area contributed by atoms with Crippen LogP contribution in [-0.2, 0) is 22.8 Å². The zero-order chi connectivity index (χ0) is 16.6. The Hall–Kier alpha value is 0.0169. The van der Waals surface area contributed by atoms with Crippen LogP contribution in [0.15, 0.2) is 0 Å². The molecule has 0 aromatic rings. The van der Waals surface area contributed by atoms with Gasteiger partial charge in [-0.3, -0.25) is 0 Å². The summed E-state index contributed by atoms with van der Waals surface area (Å²) in [6.07, 6.45) is 2.63. The standard InChI is InChI=1S/C16H34O5Si/c1-13(2)19-22(20-14(3)4,21-15(5)6)10-8-7-9-17-11-16-12-18-16/h13-16H,7-12H2,1-6H3. The van der Waals surface area contributed by atoms with Gasteiger partial charge in [-0.2, -0.15) is 0 Å². The highest BCUT2D eigenvalue weighted by Crippen LogP contribution is 2.24. The Balaban J connectivity index is 2.41. The van der Waals surface area contributed by atoms with E-state index in [1.165, 1.54) is 0 Å². The van der Waals surface area contributed by atoms with Crippen molar-refractivity contribution in [3.8, 4) is 0 Å². The zero-order valence-electron chi connectivity index (χ0n) is 15.1. The maximum absolute atomic E-state index is 6.15. The number of ether oxygens (including phenoxy) is 2. The third-order valence-corrected chi connectivity index (χ3v) is 6.43. The average molecular weight is 335 g/mol. The average Bonchev–Trinajstić information content (AvgIpc) is 3.14. The second-order valence-electron chi connectivity index (χ2n) is 6.67. The molecule has 22 heavy (non-hydrogen) atoms. The third-order valence-electron chi connectivity index (χ3n) is 2.97. The van der Waals surface area contributed by atoms with Crippen LogP contribution >= 0.6 is 0 Å². The first-order valence-corrected chi connectivity index (χ1v) is 10.5. The van der Waals surface area contributed by atoms with Gasteiger partial charge in [-0.15, -0.1) is 0 Å². The van der Waals surface area contributed by atoms with Gasteiger partial charge in [0.1, 0.15) is 6.10 Å². The minimum atomic E-state index is -2.63. The van der Waals surface area contributed by atoms with Gasteiger partial charge in [0.25, 0.3) is 0 Å². The first kappa shape index (κ1) is 20.1. The molecule has 0 aromatic heterocycles. The fourth-order valence-corrected chi connectivity index (χ4v) is 5.62. The maximum atomic E-state index is 6.15. The molecule has 0 bridgehead atoms. The molecule has 5 nitrogen and oxygen atoms in total. The summed E-state index contributed by atoms with van der Waals surface area (Å²) in [6, 6.07) is 0.838. The summed E-state index contributed by atoms with van der Waals surface area (Å²) in [7, 11) is -2.63. The van der Waals surface area contributed by atoms with Crippen molar-refractivity contribution in [1.82, 2.24) is 0 Å². The summed E-state index contributed by atoms with van der Waals surface area (Å²) >= 11 is 0. The normalized spacial score (nSPS) is 18.7. The van der Waals surface area contributed by atoms with E-state index in [1.807, 2.05) is 41.5 Å². The Morgan fingerprint density at radius 2 is 1.41 bits per heavy atom. The number of rotatable bonds is 13. The summed E-state index contributed by atoms with van der Waals surface area (Å²) < 4.78 is 29.1. The Kier molecular flexibility index (Phi) is 9.12. The molecule has 0 N–H and O–H groups in total. The van der Waals surface area contributed by atoms with Crippen LogP contribution in [0.1, 0.15) is 54.4 Å². The van der Waals surface area contributed by atoms with Gasteiger partial charge in [0.2, 0.25) is 0 Å². The molecule has 1 fully saturated rings. The first-order valence-electron chi connectivity index (χ1n) is 8.56. The highest BCUT2D eigenvalue weighted by Gasteiger charge is 2.43. The van der Waals surface area contributed by atoms with Gasteiger partial charge in [-0.25, -0.2) is 0 Å². The third kappa shape index (κ3) is 9.22. The molecule has 1 aliphatic rings. The lowest BCUT2D eigenvalue weighted by molar-refractivity contribution is 0.00237. The fourth-order valence-electron chi connectivity index (χ4n) is 2.26. The lowest BCUT2D eigenvalue weighted by Crippen LogP contribution is -2.50. The van der Waals surface area contributed by atoms with Crippen molar-refractivity contribution in [2.75, 3.05) is 19.8 Å². The van der Waals surface area contributed by atoms with Crippen molar-refractivity contribution in [2.45, 2.75) is 84.8 Å². The topological polar surface area (TPSA) is 49.5 Å². The second kappa shape index (κ2) is 10.0. The van der Waals surface area contributed by atoms with Gasteiger partial charge in [0.05, 0.1) is 13.2 Å². The monoisotopic (exact) mass is 334 g/mol. The molecule has 1 aliphatic heterocycles. The lowest BCUT2D eigenvalue weighted by Gasteiger charge is -2.34. The van der Waals surface area contributed by atoms with Crippen LogP contribution in [0.4, 0.5) is 0 Å². The molecule has 1 unspecified atom stereocenters. The summed E-state index contributed by atoms with van der Waals surface area (Å²) in [6.45, 7) is 14.5. The predicted molar refractivity (Wildman–Crippen MR) is 89.0 cm³/mol. The number of epoxide rings is 1. The van der Waals surface area contributed by atoms with E-state index < -0.39 is 8.80 Å². The van der Waals surface area contributed by atoms with Crippen LogP contribution in [0.5, 0.6) is 0 Å². The second-order valence-corrected chi connectivity index (χ2v) is 9.24. The van der Waals surface area contributed by atoms with Crippen LogP contribution in [0.2, 0.25) is 6.04 Å². The van der Waals surface area contributed by atoms with E-state index in [1.54, 1.807) is 0 Å². The van der Waals surface area contributed by atoms with Gasteiger partial charge >= 0.3 is 8.80 Å². The summed E-state index contributed by atoms with van der Waals surface area (Å²) in [5, 5.41) is 0. The molecule has 0 aromatic carbocycles. The fraction of sp³-hybridized carbons (Fsp3) is 1.00. The van der Waals surface area contributed by atoms with Crippen molar-refractivity contribution in [3.05, 3.63) is 0 Å². The van der Waals surface area contributed by atoms with E-state index in [0.717, 1.165) is 38.7 Å². The van der Waals surface area contributed by atoms with E-state index in [4.69, 9.17) is 22.8 Å². The summed E-state index contributed by atoms with van der Waals surface area (Å²) in [5.41, 5.74) is 0. The van der Waals surface area contributed by atoms with Gasteiger partial charge in [-0.05, 0) is 54.4 Å². The van der Waals surface area contributed by atoms with Crippen LogP contribution in [0, 0.1) is 0 Å². The molecule has 0 amide bonds. The molecule has 1 saturated heterocycles. The highest BCUT2D eigenvalue weighted by molar-refractivity contribution is 6.60. The molecule has 0 spiro atoms. The molecule has 1 heterocycles. The smallest absolute Gasteiger partial charge is 0.379 e. The van der Waals surface area contributed by atoms with Crippen LogP contribution < -0.4 is 0 Å². The highest BCUT2D eigenvalue weighted by atomic mass is 28.4. The maximum Gasteiger partial charge on any atom is 0.501 e. The molecule has 0 radical (unpaired) electrons. The Bertz CT molecular complexity index is 266. The Morgan fingerprint density at radius 1 is 0.909 bits per heavy atom. The van der Waals surface area contributed by atoms with Gasteiger partial charge in [-0.1, -0.05) is 0 Å². The first-order chi connectivity index (χ1) is 10.3. The summed E-state index contributed by atoms with van der Waals surface area (Å²) in [5.74, 6) is 0. The van der Waals surface area contributed by atoms with E-state index in [9.17, 15) is 0 Å². The van der Waals surface area contributed by atoms with Crippen molar-refractivity contribution in [3.63, 3.8) is 0 Å². The van der Waals surface area contributed by atoms with Gasteiger partial charge in [0.15, 0.2) is 0 Å². The van der Waals surface area contributed by atoms with E-state index in [2.05, 4.69) is 0 Å². The predicted octanol–water partition coefficient (Wildman–Crippen LogP) is 3.40. The zero-order valence-corrected chi connectivity index (χ0v) is 16.1. The number of hydrogen-bond donors (Lipinski definition) is 0. The SMILES string of the molecule is CC(C)O[Si](CCCCOCC1CO1)(OC(C)C)OC(C)C. The van der Waals surface area contributed by atoms with Crippen LogP contribution in [0.25, 0.3) is 0 Å². The molecule has 1 atom stereocenters. The van der Waals surface area contributed by atoms with Crippen LogP contribution in [-0.4, -0.2) is 53.0 Å². The molecular weight excluding hydrogens is 300 g/mol. The largest absolute Gasteiger partial charge is 0.501 e. The minimum Gasteiger partial charge on any atom is -0.379 e. The summed E-state index contributed by atoms with van der Waals surface area (Å²) in [4.78, 5) is 0. The molecule has 0 aliphatic carbocycles. The van der Waals surface area contributed by atoms with Crippen LogP contribution in [0.3, 0.4) is 0 Å². The van der Waals surface area contributed by atoms with E-state index >= 15 is 0 Å². The molecular formula is C16H34O5Si. The van der Waals surface area contributed by atoms with Crippen molar-refractivity contribution in [2.24, 2.45) is 0 Å². The van der Waals surface area contributed by atoms with E-state index in [0.29, 0.717) is 6.10 Å². The molecule has 1 rings (SSSR count). The molecule has 6 heteroatoms. The number of hydrogen-bond acceptors (Lipinski definition) is 5. The quantitative estimate of drug-likeness (QED) is 0.293. The Morgan fingerprint density at radius 3 is 1.82 bits per heavy atom. The van der Waals surface area contributed by atoms with Gasteiger partial charge < -0.3 is 22.8 Å². The van der Waals surface area contributed by atoms with E-state index in [-0.39, 0.29) is 18.3 Å². The van der Waals surface area contributed by atoms with Gasteiger partial charge in [0, 0.05) is 31.0 Å². The lowest BCUT2D eigenvalue weighted by atomic mass is 10.3. The van der Waals surface area contributed by atoms with Crippen molar-refractivity contribution >= 4 is 8.80 Å². The minimum absolute atomic E-state index is 0.104.